The van der Waals surface area contributed by atoms with Crippen molar-refractivity contribution in [3.05, 3.63) is 79.0 Å². The van der Waals surface area contributed by atoms with Gasteiger partial charge in [0.25, 0.3) is 0 Å². The van der Waals surface area contributed by atoms with E-state index >= 15 is 0 Å². The molecule has 1 saturated carbocycles. The lowest BCUT2D eigenvalue weighted by Crippen LogP contribution is -2.26. The molecule has 1 unspecified atom stereocenters. The van der Waals surface area contributed by atoms with Crippen LogP contribution in [0.4, 0.5) is 15.8 Å². The first kappa shape index (κ1) is 28.9. The molecule has 0 bridgehead atoms. The molecule has 0 aliphatic heterocycles. The van der Waals surface area contributed by atoms with E-state index in [1.54, 1.807) is 18.5 Å². The SMILES string of the molecule is CN(C)CCNc1cc(F)cc(-c2ccnc3[nH]c(-c4n[nH]c5ccc(-c6cncc(NC(O)C7CCCC7)c6)cc45)cc23)c1. The monoisotopic (exact) mass is 604 g/mol. The van der Waals surface area contributed by atoms with Crippen LogP contribution in [0.1, 0.15) is 25.7 Å². The number of fused-ring (bicyclic) bond motifs is 2. The molecule has 0 radical (unpaired) electrons. The summed E-state index contributed by atoms with van der Waals surface area (Å²) in [7, 11) is 4.02. The predicted octanol–water partition coefficient (Wildman–Crippen LogP) is 6.87. The minimum atomic E-state index is -0.577. The van der Waals surface area contributed by atoms with Crippen LogP contribution in [-0.4, -0.2) is 68.6 Å². The lowest BCUT2D eigenvalue weighted by molar-refractivity contribution is 0.137. The summed E-state index contributed by atoms with van der Waals surface area (Å²) in [6, 6.07) is 17.2. The molecule has 0 amide bonds. The van der Waals surface area contributed by atoms with Crippen molar-refractivity contribution in [3.63, 3.8) is 0 Å². The van der Waals surface area contributed by atoms with Crippen LogP contribution in [0.3, 0.4) is 0 Å². The van der Waals surface area contributed by atoms with Gasteiger partial charge in [-0.1, -0.05) is 18.9 Å². The van der Waals surface area contributed by atoms with Gasteiger partial charge in [0.2, 0.25) is 0 Å². The Kier molecular flexibility index (Phi) is 7.91. The van der Waals surface area contributed by atoms with Gasteiger partial charge in [0.05, 0.1) is 23.1 Å². The molecule has 1 aliphatic rings. The fourth-order valence-electron chi connectivity index (χ4n) is 6.31. The highest BCUT2D eigenvalue weighted by molar-refractivity contribution is 6.01. The molecular formula is C35H37FN8O. The maximum atomic E-state index is 14.7. The van der Waals surface area contributed by atoms with Crippen LogP contribution in [0.2, 0.25) is 0 Å². The van der Waals surface area contributed by atoms with Crippen LogP contribution < -0.4 is 10.6 Å². The summed E-state index contributed by atoms with van der Waals surface area (Å²) < 4.78 is 14.7. The average Bonchev–Trinajstić information content (AvgIpc) is 3.80. The molecule has 7 rings (SSSR count). The van der Waals surface area contributed by atoms with Gasteiger partial charge in [0.15, 0.2) is 0 Å². The van der Waals surface area contributed by atoms with Crippen LogP contribution in [0.5, 0.6) is 0 Å². The van der Waals surface area contributed by atoms with Crippen molar-refractivity contribution in [3.8, 4) is 33.6 Å². The smallest absolute Gasteiger partial charge is 0.138 e. The third kappa shape index (κ3) is 6.11. The maximum absolute atomic E-state index is 14.7. The van der Waals surface area contributed by atoms with Crippen molar-refractivity contribution in [2.24, 2.45) is 5.92 Å². The van der Waals surface area contributed by atoms with Gasteiger partial charge in [-0.2, -0.15) is 5.10 Å². The van der Waals surface area contributed by atoms with Crippen molar-refractivity contribution >= 4 is 33.3 Å². The Hall–Kier alpha value is -4.80. The molecule has 10 heteroatoms. The molecule has 5 N–H and O–H groups in total. The van der Waals surface area contributed by atoms with E-state index in [4.69, 9.17) is 0 Å². The van der Waals surface area contributed by atoms with Crippen LogP contribution in [0, 0.1) is 11.7 Å². The van der Waals surface area contributed by atoms with E-state index in [-0.39, 0.29) is 11.7 Å². The largest absolute Gasteiger partial charge is 0.384 e. The lowest BCUT2D eigenvalue weighted by Gasteiger charge is -2.20. The van der Waals surface area contributed by atoms with Gasteiger partial charge in [-0.25, -0.2) is 9.37 Å². The van der Waals surface area contributed by atoms with Crippen molar-refractivity contribution < 1.29 is 9.50 Å². The number of hydrogen-bond donors (Lipinski definition) is 5. The number of benzene rings is 2. The van der Waals surface area contributed by atoms with Gasteiger partial charge in [-0.15, -0.1) is 0 Å². The first-order chi connectivity index (χ1) is 21.9. The summed E-state index contributed by atoms with van der Waals surface area (Å²) in [5.74, 6) is -0.0225. The summed E-state index contributed by atoms with van der Waals surface area (Å²) in [6.07, 6.45) is 9.17. The van der Waals surface area contributed by atoms with E-state index in [2.05, 4.69) is 46.7 Å². The summed E-state index contributed by atoms with van der Waals surface area (Å²) in [5.41, 5.74) is 8.28. The number of nitrogens with one attached hydrogen (secondary N) is 4. The Morgan fingerprint density at radius 1 is 0.956 bits per heavy atom. The van der Waals surface area contributed by atoms with Crippen molar-refractivity contribution in [2.75, 3.05) is 37.8 Å². The minimum absolute atomic E-state index is 0.275. The fourth-order valence-corrected chi connectivity index (χ4v) is 6.31. The second kappa shape index (κ2) is 12.3. The number of rotatable bonds is 10. The second-order valence-electron chi connectivity index (χ2n) is 12.2. The van der Waals surface area contributed by atoms with Crippen LogP contribution >= 0.6 is 0 Å². The van der Waals surface area contributed by atoms with E-state index < -0.39 is 6.23 Å². The molecule has 0 spiro atoms. The summed E-state index contributed by atoms with van der Waals surface area (Å²) >= 11 is 0. The summed E-state index contributed by atoms with van der Waals surface area (Å²) in [5, 5.41) is 26.9. The quantitative estimate of drug-likeness (QED) is 0.108. The molecule has 230 valence electrons. The highest BCUT2D eigenvalue weighted by Crippen LogP contribution is 2.36. The number of nitrogens with zero attached hydrogens (tertiary/aromatic N) is 4. The molecular weight excluding hydrogens is 567 g/mol. The third-order valence-electron chi connectivity index (χ3n) is 8.68. The highest BCUT2D eigenvalue weighted by atomic mass is 19.1. The van der Waals surface area contributed by atoms with Crippen molar-refractivity contribution in [2.45, 2.75) is 31.9 Å². The van der Waals surface area contributed by atoms with Gasteiger partial charge in [-0.05, 0) is 92.2 Å². The number of likely N-dealkylation sites (N-methyl/N-ethyl adjacent to an activating group) is 1. The number of aliphatic hydroxyl groups excluding tert-OH is 1. The molecule has 0 saturated heterocycles. The summed E-state index contributed by atoms with van der Waals surface area (Å²) in [4.78, 5) is 14.5. The van der Waals surface area contributed by atoms with Crippen LogP contribution in [0.25, 0.3) is 55.6 Å². The Labute approximate surface area is 260 Å². The molecule has 1 aliphatic carbocycles. The van der Waals surface area contributed by atoms with E-state index in [1.165, 1.54) is 18.9 Å². The minimum Gasteiger partial charge on any atom is -0.384 e. The van der Waals surface area contributed by atoms with Gasteiger partial charge < -0.3 is 25.6 Å². The fraction of sp³-hybridized carbons (Fsp3) is 0.286. The zero-order valence-corrected chi connectivity index (χ0v) is 25.4. The number of H-pyrrole nitrogens is 2. The Morgan fingerprint density at radius 3 is 2.64 bits per heavy atom. The Morgan fingerprint density at radius 2 is 1.80 bits per heavy atom. The molecule has 4 aromatic heterocycles. The van der Waals surface area contributed by atoms with Crippen molar-refractivity contribution in [1.82, 2.24) is 30.0 Å². The van der Waals surface area contributed by atoms with E-state index in [9.17, 15) is 9.50 Å². The Bertz CT molecular complexity index is 1960. The first-order valence-corrected chi connectivity index (χ1v) is 15.5. The van der Waals surface area contributed by atoms with Gasteiger partial charge in [-0.3, -0.25) is 10.1 Å². The molecule has 6 aromatic rings. The topological polar surface area (TPSA) is 118 Å². The predicted molar refractivity (Wildman–Crippen MR) is 178 cm³/mol. The van der Waals surface area contributed by atoms with Gasteiger partial charge in [0, 0.05) is 53.4 Å². The highest BCUT2D eigenvalue weighted by Gasteiger charge is 2.23. The zero-order chi connectivity index (χ0) is 30.9. The maximum Gasteiger partial charge on any atom is 0.138 e. The number of aromatic amines is 2. The Balaban J connectivity index is 1.20. The number of hydrogen-bond acceptors (Lipinski definition) is 7. The lowest BCUT2D eigenvalue weighted by atomic mass is 10.0. The van der Waals surface area contributed by atoms with E-state index in [0.29, 0.717) is 12.2 Å². The number of pyridine rings is 2. The standard InChI is InChI=1S/C35H37FN8O/c1-44(2)12-11-38-26-14-23(13-25(36)17-26)28-9-10-39-34-29(28)18-32(41-34)33-30-16-22(7-8-31(30)42-43-33)24-15-27(20-37-19-24)40-35(45)21-5-3-4-6-21/h7-10,13-21,35,38,40,45H,3-6,11-12H2,1-2H3,(H,39,41)(H,42,43). The summed E-state index contributed by atoms with van der Waals surface area (Å²) in [6.45, 7) is 1.55. The molecule has 4 heterocycles. The number of halogens is 1. The zero-order valence-electron chi connectivity index (χ0n) is 25.4. The van der Waals surface area contributed by atoms with Crippen LogP contribution in [-0.2, 0) is 0 Å². The van der Waals surface area contributed by atoms with Gasteiger partial charge in [0.1, 0.15) is 23.4 Å². The molecule has 1 atom stereocenters. The molecule has 1 fully saturated rings. The molecule has 45 heavy (non-hydrogen) atoms. The average molecular weight is 605 g/mol. The van der Waals surface area contributed by atoms with Gasteiger partial charge >= 0.3 is 0 Å². The molecule has 2 aromatic carbocycles. The normalized spacial score (nSPS) is 14.5. The first-order valence-electron chi connectivity index (χ1n) is 15.5. The van der Waals surface area contributed by atoms with E-state index in [1.807, 2.05) is 56.7 Å². The van der Waals surface area contributed by atoms with Crippen molar-refractivity contribution in [1.29, 1.82) is 0 Å². The number of anilines is 2. The third-order valence-corrected chi connectivity index (χ3v) is 8.68. The number of aromatic nitrogens is 5. The number of aliphatic hydroxyl groups is 1. The van der Waals surface area contributed by atoms with E-state index in [0.717, 1.165) is 80.7 Å². The molecule has 9 nitrogen and oxygen atoms in total. The second-order valence-corrected chi connectivity index (χ2v) is 12.2. The van der Waals surface area contributed by atoms with Crippen LogP contribution in [0.15, 0.2) is 73.2 Å².